The summed E-state index contributed by atoms with van der Waals surface area (Å²) < 4.78 is 1.47. The zero-order chi connectivity index (χ0) is 12.3. The van der Waals surface area contributed by atoms with E-state index in [0.29, 0.717) is 22.8 Å². The number of aliphatic hydroxyl groups is 1. The number of hydrogen-bond donors (Lipinski definition) is 2. The molecule has 5 nitrogen and oxygen atoms in total. The minimum atomic E-state index is -0.298. The van der Waals surface area contributed by atoms with Crippen LogP contribution in [0, 0.1) is 0 Å². The molecule has 0 aliphatic heterocycles. The summed E-state index contributed by atoms with van der Waals surface area (Å²) in [5.41, 5.74) is 1.06. The van der Waals surface area contributed by atoms with Gasteiger partial charge in [0.1, 0.15) is 5.15 Å². The van der Waals surface area contributed by atoms with Crippen LogP contribution >= 0.6 is 11.6 Å². The molecule has 0 aliphatic carbocycles. The molecule has 0 aromatic carbocycles. The Morgan fingerprint density at radius 3 is 2.81 bits per heavy atom. The number of carbonyl (C=O) groups is 1. The summed E-state index contributed by atoms with van der Waals surface area (Å²) in [7, 11) is 1.69. The Bertz CT molecular complexity index is 390. The number of aryl methyl sites for hydroxylation is 2. The summed E-state index contributed by atoms with van der Waals surface area (Å²) >= 11 is 5.99. The first-order valence-corrected chi connectivity index (χ1v) is 5.52. The lowest BCUT2D eigenvalue weighted by Crippen LogP contribution is -2.35. The Morgan fingerprint density at radius 1 is 1.69 bits per heavy atom. The largest absolute Gasteiger partial charge is 0.394 e. The average molecular weight is 246 g/mol. The lowest BCUT2D eigenvalue weighted by molar-refractivity contribution is 0.0921. The van der Waals surface area contributed by atoms with Crippen molar-refractivity contribution in [3.63, 3.8) is 0 Å². The van der Waals surface area contributed by atoms with Crippen LogP contribution < -0.4 is 5.32 Å². The van der Waals surface area contributed by atoms with E-state index in [9.17, 15) is 4.79 Å². The fourth-order valence-electron chi connectivity index (χ4n) is 1.37. The van der Waals surface area contributed by atoms with E-state index in [1.54, 1.807) is 14.0 Å². The first-order valence-electron chi connectivity index (χ1n) is 5.14. The van der Waals surface area contributed by atoms with Crippen molar-refractivity contribution in [1.29, 1.82) is 0 Å². The summed E-state index contributed by atoms with van der Waals surface area (Å²) in [5, 5.41) is 16.0. The summed E-state index contributed by atoms with van der Waals surface area (Å²) in [6.07, 6.45) is 0.636. The maximum absolute atomic E-state index is 11.9. The van der Waals surface area contributed by atoms with Gasteiger partial charge in [0.05, 0.1) is 17.9 Å². The molecule has 1 heterocycles. The third-order valence-corrected chi connectivity index (χ3v) is 2.70. The van der Waals surface area contributed by atoms with Gasteiger partial charge in [0.2, 0.25) is 0 Å². The fourth-order valence-corrected chi connectivity index (χ4v) is 1.60. The lowest BCUT2D eigenvalue weighted by atomic mass is 10.2. The monoisotopic (exact) mass is 245 g/mol. The molecule has 0 radical (unpaired) electrons. The van der Waals surface area contributed by atoms with Crippen LogP contribution in [0.1, 0.15) is 29.9 Å². The van der Waals surface area contributed by atoms with E-state index in [4.69, 9.17) is 16.7 Å². The van der Waals surface area contributed by atoms with E-state index < -0.39 is 0 Å². The highest BCUT2D eigenvalue weighted by Crippen LogP contribution is 2.19. The second-order valence-corrected chi connectivity index (χ2v) is 4.00. The van der Waals surface area contributed by atoms with E-state index in [0.717, 1.165) is 0 Å². The molecule has 2 N–H and O–H groups in total. The van der Waals surface area contributed by atoms with Crippen molar-refractivity contribution in [2.75, 3.05) is 6.61 Å². The number of halogens is 1. The van der Waals surface area contributed by atoms with Crippen molar-refractivity contribution in [3.05, 3.63) is 16.4 Å². The molecule has 6 heteroatoms. The molecule has 1 aromatic rings. The molecule has 16 heavy (non-hydrogen) atoms. The highest BCUT2D eigenvalue weighted by atomic mass is 35.5. The van der Waals surface area contributed by atoms with Crippen LogP contribution in [0.2, 0.25) is 5.15 Å². The van der Waals surface area contributed by atoms with Crippen molar-refractivity contribution in [2.24, 2.45) is 7.05 Å². The topological polar surface area (TPSA) is 67.2 Å². The second-order valence-electron chi connectivity index (χ2n) is 3.65. The van der Waals surface area contributed by atoms with Crippen molar-refractivity contribution < 1.29 is 9.90 Å². The Kier molecular flexibility index (Phi) is 4.32. The molecule has 0 saturated carbocycles. The summed E-state index contributed by atoms with van der Waals surface area (Å²) in [4.78, 5) is 11.9. The smallest absolute Gasteiger partial charge is 0.256 e. The third kappa shape index (κ3) is 2.54. The van der Waals surface area contributed by atoms with Gasteiger partial charge in [-0.3, -0.25) is 9.48 Å². The number of nitrogens with zero attached hydrogens (tertiary/aromatic N) is 2. The van der Waals surface area contributed by atoms with Crippen LogP contribution in [-0.4, -0.2) is 33.4 Å². The van der Waals surface area contributed by atoms with Gasteiger partial charge in [0.15, 0.2) is 0 Å². The molecule has 0 fully saturated rings. The normalized spacial score (nSPS) is 12.6. The van der Waals surface area contributed by atoms with Gasteiger partial charge in [-0.05, 0) is 13.3 Å². The predicted molar refractivity (Wildman–Crippen MR) is 61.6 cm³/mol. The Hall–Kier alpha value is -1.07. The molecular weight excluding hydrogens is 230 g/mol. The molecule has 1 rings (SSSR count). The standard InChI is InChI=1S/C10H16ClN3O2/c1-4-7-8(9(11)14(3)13-7)10(16)12-6(2)5-15/h6,15H,4-5H2,1-3H3,(H,12,16). The second kappa shape index (κ2) is 5.32. The first kappa shape index (κ1) is 13.0. The van der Waals surface area contributed by atoms with Crippen molar-refractivity contribution in [1.82, 2.24) is 15.1 Å². The molecule has 0 saturated heterocycles. The summed E-state index contributed by atoms with van der Waals surface area (Å²) in [5.74, 6) is -0.295. The zero-order valence-electron chi connectivity index (χ0n) is 9.62. The minimum absolute atomic E-state index is 0.106. The first-order chi connectivity index (χ1) is 7.51. The average Bonchev–Trinajstić information content (AvgIpc) is 2.54. The van der Waals surface area contributed by atoms with E-state index in [-0.39, 0.29) is 18.6 Å². The number of hydrogen-bond acceptors (Lipinski definition) is 3. The van der Waals surface area contributed by atoms with Crippen LogP contribution in [0.4, 0.5) is 0 Å². The lowest BCUT2D eigenvalue weighted by Gasteiger charge is -2.10. The number of carbonyl (C=O) groups excluding carboxylic acids is 1. The van der Waals surface area contributed by atoms with E-state index >= 15 is 0 Å². The van der Waals surface area contributed by atoms with Crippen molar-refractivity contribution in [2.45, 2.75) is 26.3 Å². The SMILES string of the molecule is CCc1nn(C)c(Cl)c1C(=O)NC(C)CO. The maximum atomic E-state index is 11.9. The molecule has 0 bridgehead atoms. The number of aromatic nitrogens is 2. The van der Waals surface area contributed by atoms with Gasteiger partial charge in [-0.15, -0.1) is 0 Å². The van der Waals surface area contributed by atoms with Gasteiger partial charge < -0.3 is 10.4 Å². The van der Waals surface area contributed by atoms with E-state index in [1.807, 2.05) is 6.92 Å². The van der Waals surface area contributed by atoms with Gasteiger partial charge in [0, 0.05) is 13.1 Å². The molecule has 1 aromatic heterocycles. The van der Waals surface area contributed by atoms with Crippen LogP contribution in [0.5, 0.6) is 0 Å². The van der Waals surface area contributed by atoms with Crippen LogP contribution in [0.3, 0.4) is 0 Å². The van der Waals surface area contributed by atoms with Crippen molar-refractivity contribution >= 4 is 17.5 Å². The molecule has 0 spiro atoms. The number of nitrogens with one attached hydrogen (secondary N) is 1. The Labute approximate surface area is 99.4 Å². The summed E-state index contributed by atoms with van der Waals surface area (Å²) in [6.45, 7) is 3.52. The van der Waals surface area contributed by atoms with Crippen LogP contribution in [-0.2, 0) is 13.5 Å². The third-order valence-electron chi connectivity index (χ3n) is 2.26. The fraction of sp³-hybridized carbons (Fsp3) is 0.600. The van der Waals surface area contributed by atoms with Gasteiger partial charge >= 0.3 is 0 Å². The predicted octanol–water partition coefficient (Wildman–Crippen LogP) is 0.746. The van der Waals surface area contributed by atoms with Gasteiger partial charge in [-0.25, -0.2) is 0 Å². The minimum Gasteiger partial charge on any atom is -0.394 e. The molecule has 1 atom stereocenters. The van der Waals surface area contributed by atoms with Crippen molar-refractivity contribution in [3.8, 4) is 0 Å². The molecule has 1 amide bonds. The molecule has 1 unspecified atom stereocenters. The van der Waals surface area contributed by atoms with Gasteiger partial charge in [0.25, 0.3) is 5.91 Å². The molecule has 90 valence electrons. The Balaban J connectivity index is 2.98. The Morgan fingerprint density at radius 2 is 2.31 bits per heavy atom. The quantitative estimate of drug-likeness (QED) is 0.823. The zero-order valence-corrected chi connectivity index (χ0v) is 10.4. The molecule has 0 aliphatic rings. The van der Waals surface area contributed by atoms with Gasteiger partial charge in [-0.2, -0.15) is 5.10 Å². The number of rotatable bonds is 4. The molecular formula is C10H16ClN3O2. The highest BCUT2D eigenvalue weighted by Gasteiger charge is 2.21. The number of aliphatic hydroxyl groups excluding tert-OH is 1. The maximum Gasteiger partial charge on any atom is 0.256 e. The summed E-state index contributed by atoms with van der Waals surface area (Å²) in [6, 6.07) is -0.298. The number of amides is 1. The van der Waals surface area contributed by atoms with E-state index in [2.05, 4.69) is 10.4 Å². The van der Waals surface area contributed by atoms with E-state index in [1.165, 1.54) is 4.68 Å². The van der Waals surface area contributed by atoms with Gasteiger partial charge in [-0.1, -0.05) is 18.5 Å². The van der Waals surface area contributed by atoms with Crippen LogP contribution in [0.25, 0.3) is 0 Å². The van der Waals surface area contributed by atoms with Crippen LogP contribution in [0.15, 0.2) is 0 Å². The highest BCUT2D eigenvalue weighted by molar-refractivity contribution is 6.33.